The van der Waals surface area contributed by atoms with E-state index in [0.29, 0.717) is 12.0 Å². The van der Waals surface area contributed by atoms with E-state index < -0.39 is 0 Å². The van der Waals surface area contributed by atoms with Gasteiger partial charge in [-0.25, -0.2) is 8.78 Å². The lowest BCUT2D eigenvalue weighted by Crippen LogP contribution is -2.19. The molecule has 0 aliphatic heterocycles. The SMILES string of the molecule is CNC(Cc1cccc(OC)c1F)c1cccc(F)c1. The van der Waals surface area contributed by atoms with Crippen molar-refractivity contribution in [3.05, 3.63) is 65.2 Å². The molecule has 0 aromatic heterocycles. The normalized spacial score (nSPS) is 12.2. The number of nitrogens with one attached hydrogen (secondary N) is 1. The van der Waals surface area contributed by atoms with Gasteiger partial charge in [-0.15, -0.1) is 0 Å². The molecule has 2 nitrogen and oxygen atoms in total. The molecule has 0 amide bonds. The third kappa shape index (κ3) is 3.14. The zero-order chi connectivity index (χ0) is 14.5. The van der Waals surface area contributed by atoms with Gasteiger partial charge in [0.1, 0.15) is 5.82 Å². The first-order valence-corrected chi connectivity index (χ1v) is 6.39. The van der Waals surface area contributed by atoms with Crippen molar-refractivity contribution in [2.75, 3.05) is 14.2 Å². The lowest BCUT2D eigenvalue weighted by Gasteiger charge is -2.18. The Kier molecular flexibility index (Phi) is 4.69. The van der Waals surface area contributed by atoms with Crippen LogP contribution in [0.25, 0.3) is 0 Å². The molecule has 0 saturated carbocycles. The van der Waals surface area contributed by atoms with Crippen LogP contribution in [0.5, 0.6) is 5.75 Å². The minimum atomic E-state index is -0.369. The average molecular weight is 277 g/mol. The first kappa shape index (κ1) is 14.5. The van der Waals surface area contributed by atoms with E-state index in [9.17, 15) is 8.78 Å². The maximum atomic E-state index is 14.1. The van der Waals surface area contributed by atoms with E-state index in [1.165, 1.54) is 19.2 Å². The van der Waals surface area contributed by atoms with Crippen LogP contribution >= 0.6 is 0 Å². The number of rotatable bonds is 5. The van der Waals surface area contributed by atoms with Gasteiger partial charge < -0.3 is 10.1 Å². The van der Waals surface area contributed by atoms with Gasteiger partial charge in [-0.05, 0) is 42.8 Å². The maximum Gasteiger partial charge on any atom is 0.168 e. The van der Waals surface area contributed by atoms with Crippen molar-refractivity contribution in [3.8, 4) is 5.75 Å². The van der Waals surface area contributed by atoms with Crippen LogP contribution in [0.1, 0.15) is 17.2 Å². The quantitative estimate of drug-likeness (QED) is 0.903. The molecule has 1 atom stereocenters. The molecule has 0 aliphatic carbocycles. The van der Waals surface area contributed by atoms with Gasteiger partial charge in [0, 0.05) is 6.04 Å². The second-order valence-electron chi connectivity index (χ2n) is 4.53. The predicted octanol–water partition coefficient (Wildman–Crippen LogP) is 3.48. The van der Waals surface area contributed by atoms with Crippen LogP contribution in [-0.4, -0.2) is 14.2 Å². The fourth-order valence-electron chi connectivity index (χ4n) is 2.20. The van der Waals surface area contributed by atoms with Gasteiger partial charge in [-0.1, -0.05) is 24.3 Å². The van der Waals surface area contributed by atoms with E-state index in [1.807, 2.05) is 6.07 Å². The standard InChI is InChI=1S/C16H17F2NO/c1-19-14(11-5-3-7-13(17)9-11)10-12-6-4-8-15(20-2)16(12)18/h3-9,14,19H,10H2,1-2H3. The molecule has 2 aromatic rings. The summed E-state index contributed by atoms with van der Waals surface area (Å²) in [5.74, 6) is -0.447. The summed E-state index contributed by atoms with van der Waals surface area (Å²) < 4.78 is 32.4. The van der Waals surface area contributed by atoms with Crippen LogP contribution < -0.4 is 10.1 Å². The first-order chi connectivity index (χ1) is 9.65. The van der Waals surface area contributed by atoms with Gasteiger partial charge in [0.25, 0.3) is 0 Å². The van der Waals surface area contributed by atoms with E-state index in [4.69, 9.17) is 4.74 Å². The van der Waals surface area contributed by atoms with Crippen molar-refractivity contribution in [1.29, 1.82) is 0 Å². The van der Waals surface area contributed by atoms with Gasteiger partial charge in [0.05, 0.1) is 7.11 Å². The third-order valence-corrected chi connectivity index (χ3v) is 3.29. The van der Waals surface area contributed by atoms with E-state index in [2.05, 4.69) is 5.32 Å². The Bertz CT molecular complexity index is 586. The van der Waals surface area contributed by atoms with Gasteiger partial charge >= 0.3 is 0 Å². The Hall–Kier alpha value is -1.94. The summed E-state index contributed by atoms with van der Waals surface area (Å²) in [7, 11) is 3.21. The van der Waals surface area contributed by atoms with E-state index >= 15 is 0 Å². The molecule has 0 bridgehead atoms. The Morgan fingerprint density at radius 2 is 1.90 bits per heavy atom. The second kappa shape index (κ2) is 6.48. The number of hydrogen-bond donors (Lipinski definition) is 1. The molecule has 1 unspecified atom stereocenters. The van der Waals surface area contributed by atoms with Crippen LogP contribution in [0.15, 0.2) is 42.5 Å². The Morgan fingerprint density at radius 3 is 2.55 bits per heavy atom. The van der Waals surface area contributed by atoms with Crippen LogP contribution in [-0.2, 0) is 6.42 Å². The summed E-state index contributed by atoms with van der Waals surface area (Å²) in [4.78, 5) is 0. The minimum absolute atomic E-state index is 0.160. The van der Waals surface area contributed by atoms with Crippen molar-refractivity contribution in [3.63, 3.8) is 0 Å². The van der Waals surface area contributed by atoms with Crippen molar-refractivity contribution >= 4 is 0 Å². The molecule has 0 aliphatic rings. The molecule has 106 valence electrons. The zero-order valence-electron chi connectivity index (χ0n) is 11.5. The summed E-state index contributed by atoms with van der Waals surface area (Å²) in [6, 6.07) is 11.2. The highest BCUT2D eigenvalue weighted by Gasteiger charge is 2.15. The summed E-state index contributed by atoms with van der Waals surface area (Å²) in [5, 5.41) is 3.08. The highest BCUT2D eigenvalue weighted by molar-refractivity contribution is 5.33. The summed E-state index contributed by atoms with van der Waals surface area (Å²) in [5.41, 5.74) is 1.32. The highest BCUT2D eigenvalue weighted by atomic mass is 19.1. The van der Waals surface area contributed by atoms with E-state index in [-0.39, 0.29) is 23.4 Å². The summed E-state index contributed by atoms with van der Waals surface area (Å²) >= 11 is 0. The second-order valence-corrected chi connectivity index (χ2v) is 4.53. The van der Waals surface area contributed by atoms with Gasteiger partial charge in [0.15, 0.2) is 11.6 Å². The number of likely N-dealkylation sites (N-methyl/N-ethyl adjacent to an activating group) is 1. The molecule has 0 fully saturated rings. The fraction of sp³-hybridized carbons (Fsp3) is 0.250. The van der Waals surface area contributed by atoms with Crippen molar-refractivity contribution in [1.82, 2.24) is 5.32 Å². The summed E-state index contributed by atoms with van der Waals surface area (Å²) in [6.07, 6.45) is 0.420. The van der Waals surface area contributed by atoms with Crippen LogP contribution in [0, 0.1) is 11.6 Å². The topological polar surface area (TPSA) is 21.3 Å². The van der Waals surface area contributed by atoms with Crippen molar-refractivity contribution in [2.24, 2.45) is 0 Å². The lowest BCUT2D eigenvalue weighted by atomic mass is 9.98. The average Bonchev–Trinajstić information content (AvgIpc) is 2.46. The molecular formula is C16H17F2NO. The maximum absolute atomic E-state index is 14.1. The Balaban J connectivity index is 2.27. The van der Waals surface area contributed by atoms with Crippen LogP contribution in [0.2, 0.25) is 0 Å². The lowest BCUT2D eigenvalue weighted by molar-refractivity contribution is 0.383. The zero-order valence-corrected chi connectivity index (χ0v) is 11.5. The smallest absolute Gasteiger partial charge is 0.168 e. The van der Waals surface area contributed by atoms with Gasteiger partial charge in [-0.2, -0.15) is 0 Å². The number of methoxy groups -OCH3 is 1. The largest absolute Gasteiger partial charge is 0.494 e. The Labute approximate surface area is 117 Å². The van der Waals surface area contributed by atoms with Crippen molar-refractivity contribution < 1.29 is 13.5 Å². The van der Waals surface area contributed by atoms with Crippen molar-refractivity contribution in [2.45, 2.75) is 12.5 Å². The minimum Gasteiger partial charge on any atom is -0.494 e. The number of benzene rings is 2. The monoisotopic (exact) mass is 277 g/mol. The molecule has 2 rings (SSSR count). The summed E-state index contributed by atoms with van der Waals surface area (Å²) in [6.45, 7) is 0. The Morgan fingerprint density at radius 1 is 1.15 bits per heavy atom. The van der Waals surface area contributed by atoms with Gasteiger partial charge in [-0.3, -0.25) is 0 Å². The van der Waals surface area contributed by atoms with E-state index in [1.54, 1.807) is 31.3 Å². The molecule has 0 spiro atoms. The highest BCUT2D eigenvalue weighted by Crippen LogP contribution is 2.25. The molecule has 20 heavy (non-hydrogen) atoms. The molecule has 4 heteroatoms. The number of halogens is 2. The van der Waals surface area contributed by atoms with E-state index in [0.717, 1.165) is 5.56 Å². The van der Waals surface area contributed by atoms with Crippen LogP contribution in [0.3, 0.4) is 0 Å². The van der Waals surface area contributed by atoms with Crippen LogP contribution in [0.4, 0.5) is 8.78 Å². The molecule has 1 N–H and O–H groups in total. The molecule has 0 heterocycles. The molecule has 0 saturated heterocycles. The predicted molar refractivity (Wildman–Crippen MR) is 74.9 cm³/mol. The number of hydrogen-bond acceptors (Lipinski definition) is 2. The van der Waals surface area contributed by atoms with Gasteiger partial charge in [0.2, 0.25) is 0 Å². The fourth-order valence-corrected chi connectivity index (χ4v) is 2.20. The molecule has 2 aromatic carbocycles. The molecule has 0 radical (unpaired) electrons. The molecular weight excluding hydrogens is 260 g/mol. The third-order valence-electron chi connectivity index (χ3n) is 3.29. The first-order valence-electron chi connectivity index (χ1n) is 6.39. The number of ether oxygens (including phenoxy) is 1.